The average molecular weight is 420 g/mol. The van der Waals surface area contributed by atoms with E-state index in [1.54, 1.807) is 0 Å². The number of para-hydroxylation sites is 2. The van der Waals surface area contributed by atoms with E-state index in [9.17, 15) is 0 Å². The van der Waals surface area contributed by atoms with Crippen LogP contribution in [0.3, 0.4) is 0 Å². The van der Waals surface area contributed by atoms with Crippen LogP contribution in [0, 0.1) is 6.92 Å². The highest BCUT2D eigenvalue weighted by atomic mass is 16.5. The molecule has 2 fully saturated rings. The fourth-order valence-corrected chi connectivity index (χ4v) is 4.48. The number of aromatic nitrogens is 4. The van der Waals surface area contributed by atoms with Crippen LogP contribution in [-0.2, 0) is 4.74 Å². The second-order valence-corrected chi connectivity index (χ2v) is 8.29. The zero-order valence-electron chi connectivity index (χ0n) is 18.2. The maximum atomic E-state index is 5.46. The number of fused-ring (bicyclic) bond motifs is 1. The summed E-state index contributed by atoms with van der Waals surface area (Å²) in [5.41, 5.74) is 2.88. The zero-order valence-corrected chi connectivity index (χ0v) is 18.2. The van der Waals surface area contributed by atoms with E-state index >= 15 is 0 Å². The molecule has 0 radical (unpaired) electrons. The number of likely N-dealkylation sites (N-methyl/N-ethyl adjacent to an activating group) is 1. The van der Waals surface area contributed by atoms with Crippen LogP contribution < -0.4 is 14.7 Å². The molecule has 5 rings (SSSR count). The van der Waals surface area contributed by atoms with Gasteiger partial charge < -0.3 is 19.4 Å². The third kappa shape index (κ3) is 4.12. The van der Waals surface area contributed by atoms with Crippen LogP contribution in [-0.4, -0.2) is 72.4 Å². The van der Waals surface area contributed by atoms with Gasteiger partial charge in [-0.1, -0.05) is 12.1 Å². The summed E-state index contributed by atoms with van der Waals surface area (Å²) < 4.78 is 5.46. The Hall–Kier alpha value is -3.00. The molecule has 0 N–H and O–H groups in total. The molecule has 0 amide bonds. The van der Waals surface area contributed by atoms with E-state index in [4.69, 9.17) is 19.7 Å². The number of nitrogens with zero attached hydrogens (tertiary/aromatic N) is 7. The van der Waals surface area contributed by atoms with Gasteiger partial charge in [0, 0.05) is 45.5 Å². The second kappa shape index (κ2) is 8.63. The molecular weight excluding hydrogens is 390 g/mol. The molecule has 4 heterocycles. The lowest BCUT2D eigenvalue weighted by Gasteiger charge is -2.39. The molecule has 0 aliphatic carbocycles. The first-order valence-electron chi connectivity index (χ1n) is 11.1. The maximum Gasteiger partial charge on any atom is 0.227 e. The van der Waals surface area contributed by atoms with Crippen molar-refractivity contribution in [3.8, 4) is 0 Å². The monoisotopic (exact) mass is 419 g/mol. The highest BCUT2D eigenvalue weighted by Gasteiger charge is 2.27. The summed E-state index contributed by atoms with van der Waals surface area (Å²) in [6.07, 6.45) is 4.11. The molecule has 2 aliphatic rings. The number of aryl methyl sites for hydroxylation is 1. The molecule has 1 aromatic carbocycles. The van der Waals surface area contributed by atoms with E-state index < -0.39 is 0 Å². The van der Waals surface area contributed by atoms with Crippen LogP contribution in [0.2, 0.25) is 0 Å². The van der Waals surface area contributed by atoms with Gasteiger partial charge in [-0.05, 0) is 38.0 Å². The number of morpholine rings is 1. The van der Waals surface area contributed by atoms with Crippen molar-refractivity contribution < 1.29 is 4.74 Å². The Labute approximate surface area is 182 Å². The first-order valence-corrected chi connectivity index (χ1v) is 11.1. The lowest BCUT2D eigenvalue weighted by Crippen LogP contribution is -2.47. The molecule has 3 aromatic rings. The van der Waals surface area contributed by atoms with E-state index in [0.29, 0.717) is 6.04 Å². The fraction of sp³-hybridized carbons (Fsp3) is 0.478. The minimum absolute atomic E-state index is 0.355. The SMILES string of the molecule is Cc1nc2ccccc2nc1N1CCCC(N(C)c2ccnc(N3CCOCC3)n2)C1. The first kappa shape index (κ1) is 19.9. The van der Waals surface area contributed by atoms with Gasteiger partial charge in [0.15, 0.2) is 5.82 Å². The highest BCUT2D eigenvalue weighted by molar-refractivity contribution is 5.76. The van der Waals surface area contributed by atoms with E-state index in [0.717, 1.165) is 86.5 Å². The van der Waals surface area contributed by atoms with E-state index in [2.05, 4.69) is 33.7 Å². The van der Waals surface area contributed by atoms with Gasteiger partial charge in [0.1, 0.15) is 5.82 Å². The number of rotatable bonds is 4. The largest absolute Gasteiger partial charge is 0.378 e. The Morgan fingerprint density at radius 2 is 1.74 bits per heavy atom. The molecular formula is C23H29N7O. The van der Waals surface area contributed by atoms with Gasteiger partial charge in [-0.3, -0.25) is 0 Å². The van der Waals surface area contributed by atoms with Gasteiger partial charge in [-0.15, -0.1) is 0 Å². The molecule has 2 aromatic heterocycles. The summed E-state index contributed by atoms with van der Waals surface area (Å²) >= 11 is 0. The van der Waals surface area contributed by atoms with E-state index in [1.807, 2.05) is 36.5 Å². The standard InChI is InChI=1S/C23H29N7O/c1-17-22(26-20-8-4-3-7-19(20)25-17)30-11-5-6-18(16-30)28(2)21-9-10-24-23(27-21)29-12-14-31-15-13-29/h3-4,7-10,18H,5-6,11-16H2,1-2H3. The van der Waals surface area contributed by atoms with Gasteiger partial charge in [0.05, 0.1) is 29.9 Å². The van der Waals surface area contributed by atoms with Crippen LogP contribution in [0.25, 0.3) is 11.0 Å². The van der Waals surface area contributed by atoms with Crippen LogP contribution in [0.5, 0.6) is 0 Å². The Morgan fingerprint density at radius 1 is 0.968 bits per heavy atom. The second-order valence-electron chi connectivity index (χ2n) is 8.29. The minimum atomic E-state index is 0.355. The Morgan fingerprint density at radius 3 is 2.55 bits per heavy atom. The number of piperidine rings is 1. The topological polar surface area (TPSA) is 70.5 Å². The van der Waals surface area contributed by atoms with Crippen molar-refractivity contribution in [2.24, 2.45) is 0 Å². The average Bonchev–Trinajstić information content (AvgIpc) is 2.84. The molecule has 8 heteroatoms. The normalized spacial score (nSPS) is 19.6. The van der Waals surface area contributed by atoms with Crippen LogP contribution in [0.4, 0.5) is 17.6 Å². The number of anilines is 3. The minimum Gasteiger partial charge on any atom is -0.378 e. The van der Waals surface area contributed by atoms with Crippen molar-refractivity contribution in [1.82, 2.24) is 19.9 Å². The lowest BCUT2D eigenvalue weighted by atomic mass is 10.0. The summed E-state index contributed by atoms with van der Waals surface area (Å²) in [4.78, 5) is 26.0. The van der Waals surface area contributed by atoms with Crippen LogP contribution in [0.15, 0.2) is 36.5 Å². The summed E-state index contributed by atoms with van der Waals surface area (Å²) in [6.45, 7) is 7.10. The van der Waals surface area contributed by atoms with E-state index in [-0.39, 0.29) is 0 Å². The van der Waals surface area contributed by atoms with Crippen molar-refractivity contribution >= 4 is 28.6 Å². The molecule has 0 spiro atoms. The summed E-state index contributed by atoms with van der Waals surface area (Å²) in [5, 5.41) is 0. The molecule has 2 aliphatic heterocycles. The van der Waals surface area contributed by atoms with Crippen molar-refractivity contribution in [2.45, 2.75) is 25.8 Å². The zero-order chi connectivity index (χ0) is 21.2. The summed E-state index contributed by atoms with van der Waals surface area (Å²) in [7, 11) is 2.14. The first-order chi connectivity index (χ1) is 15.2. The Balaban J connectivity index is 1.35. The van der Waals surface area contributed by atoms with Gasteiger partial charge in [0.2, 0.25) is 5.95 Å². The number of hydrogen-bond acceptors (Lipinski definition) is 8. The predicted molar refractivity (Wildman–Crippen MR) is 123 cm³/mol. The Kier molecular flexibility index (Phi) is 5.55. The van der Waals surface area contributed by atoms with Gasteiger partial charge >= 0.3 is 0 Å². The summed E-state index contributed by atoms with van der Waals surface area (Å²) in [6, 6.07) is 10.4. The fourth-order valence-electron chi connectivity index (χ4n) is 4.48. The molecule has 162 valence electrons. The van der Waals surface area contributed by atoms with Crippen molar-refractivity contribution in [2.75, 3.05) is 61.1 Å². The van der Waals surface area contributed by atoms with Crippen molar-refractivity contribution in [3.05, 3.63) is 42.2 Å². The summed E-state index contributed by atoms with van der Waals surface area (Å²) in [5.74, 6) is 2.75. The van der Waals surface area contributed by atoms with Crippen LogP contribution >= 0.6 is 0 Å². The van der Waals surface area contributed by atoms with E-state index in [1.165, 1.54) is 0 Å². The lowest BCUT2D eigenvalue weighted by molar-refractivity contribution is 0.122. The van der Waals surface area contributed by atoms with Crippen molar-refractivity contribution in [3.63, 3.8) is 0 Å². The molecule has 8 nitrogen and oxygen atoms in total. The third-order valence-corrected chi connectivity index (χ3v) is 6.25. The Bertz CT molecular complexity index is 1050. The third-order valence-electron chi connectivity index (χ3n) is 6.25. The predicted octanol–water partition coefficient (Wildman–Crippen LogP) is 2.67. The van der Waals surface area contributed by atoms with Gasteiger partial charge in [0.25, 0.3) is 0 Å². The quantitative estimate of drug-likeness (QED) is 0.639. The molecule has 0 saturated carbocycles. The number of benzene rings is 1. The van der Waals surface area contributed by atoms with Gasteiger partial charge in [-0.25, -0.2) is 15.0 Å². The molecule has 0 bridgehead atoms. The molecule has 1 unspecified atom stereocenters. The van der Waals surface area contributed by atoms with Crippen LogP contribution in [0.1, 0.15) is 18.5 Å². The van der Waals surface area contributed by atoms with Crippen molar-refractivity contribution in [1.29, 1.82) is 0 Å². The number of hydrogen-bond donors (Lipinski definition) is 0. The molecule has 1 atom stereocenters. The number of ether oxygens (including phenoxy) is 1. The highest BCUT2D eigenvalue weighted by Crippen LogP contribution is 2.27. The maximum absolute atomic E-state index is 5.46. The smallest absolute Gasteiger partial charge is 0.227 e. The molecule has 2 saturated heterocycles. The molecule has 31 heavy (non-hydrogen) atoms. The van der Waals surface area contributed by atoms with Gasteiger partial charge in [-0.2, -0.15) is 4.98 Å².